The van der Waals surface area contributed by atoms with Crippen molar-refractivity contribution in [3.8, 4) is 11.4 Å². The van der Waals surface area contributed by atoms with Crippen molar-refractivity contribution in [2.75, 3.05) is 18.8 Å². The van der Waals surface area contributed by atoms with Crippen LogP contribution in [0.25, 0.3) is 11.4 Å². The predicted molar refractivity (Wildman–Crippen MR) is 75.0 cm³/mol. The largest absolute Gasteiger partial charge is 0.433 e. The second-order valence-corrected chi connectivity index (χ2v) is 5.04. The van der Waals surface area contributed by atoms with Crippen LogP contribution in [0, 0.1) is 0 Å². The Kier molecular flexibility index (Phi) is 3.69. The van der Waals surface area contributed by atoms with Crippen molar-refractivity contribution >= 4 is 5.82 Å². The minimum Gasteiger partial charge on any atom is -0.383 e. The van der Waals surface area contributed by atoms with Crippen molar-refractivity contribution in [2.45, 2.75) is 19.0 Å². The number of halogens is 3. The molecule has 0 radical (unpaired) electrons. The van der Waals surface area contributed by atoms with Gasteiger partial charge in [-0.05, 0) is 25.1 Å². The average Bonchev–Trinajstić information content (AvgIpc) is 2.72. The monoisotopic (exact) mass is 309 g/mol. The molecule has 3 heterocycles. The van der Waals surface area contributed by atoms with E-state index in [9.17, 15) is 13.2 Å². The van der Waals surface area contributed by atoms with Gasteiger partial charge in [-0.3, -0.25) is 4.98 Å². The number of hydrogen-bond acceptors (Lipinski definition) is 5. The van der Waals surface area contributed by atoms with Gasteiger partial charge in [0.15, 0.2) is 5.82 Å². The summed E-state index contributed by atoms with van der Waals surface area (Å²) in [5.74, 6) is 0.683. The molecule has 2 aromatic heterocycles. The van der Waals surface area contributed by atoms with Gasteiger partial charge >= 0.3 is 6.18 Å². The highest BCUT2D eigenvalue weighted by atomic mass is 19.4. The molecule has 0 aromatic carbocycles. The molecular formula is C14H14F3N5. The van der Waals surface area contributed by atoms with E-state index in [0.29, 0.717) is 23.6 Å². The van der Waals surface area contributed by atoms with Crippen LogP contribution < -0.4 is 11.1 Å². The van der Waals surface area contributed by atoms with Crippen molar-refractivity contribution in [3.05, 3.63) is 35.3 Å². The fourth-order valence-electron chi connectivity index (χ4n) is 2.40. The Hall–Kier alpha value is -2.22. The van der Waals surface area contributed by atoms with Crippen molar-refractivity contribution in [3.63, 3.8) is 0 Å². The zero-order valence-corrected chi connectivity index (χ0v) is 11.6. The smallest absolute Gasteiger partial charge is 0.383 e. The lowest BCUT2D eigenvalue weighted by molar-refractivity contribution is -0.141. The topological polar surface area (TPSA) is 76.7 Å². The molecule has 0 unspecified atom stereocenters. The first-order valence-electron chi connectivity index (χ1n) is 6.85. The third-order valence-electron chi connectivity index (χ3n) is 3.53. The van der Waals surface area contributed by atoms with Crippen molar-refractivity contribution in [1.29, 1.82) is 0 Å². The molecule has 116 valence electrons. The van der Waals surface area contributed by atoms with E-state index in [1.165, 1.54) is 6.07 Å². The van der Waals surface area contributed by atoms with E-state index in [-0.39, 0.29) is 0 Å². The van der Waals surface area contributed by atoms with Crippen LogP contribution in [-0.2, 0) is 19.0 Å². The number of fused-ring (bicyclic) bond motifs is 1. The number of hydrogen-bond donors (Lipinski definition) is 2. The predicted octanol–water partition coefficient (Wildman–Crippen LogP) is 1.83. The Morgan fingerprint density at radius 1 is 1.09 bits per heavy atom. The van der Waals surface area contributed by atoms with Gasteiger partial charge in [0, 0.05) is 30.3 Å². The van der Waals surface area contributed by atoms with Gasteiger partial charge in [0.1, 0.15) is 11.5 Å². The summed E-state index contributed by atoms with van der Waals surface area (Å²) < 4.78 is 37.6. The average molecular weight is 309 g/mol. The van der Waals surface area contributed by atoms with Crippen molar-refractivity contribution < 1.29 is 13.2 Å². The fraction of sp³-hybridized carbons (Fsp3) is 0.357. The Balaban J connectivity index is 1.98. The number of alkyl halides is 3. The Morgan fingerprint density at radius 3 is 2.55 bits per heavy atom. The molecule has 0 atom stereocenters. The van der Waals surface area contributed by atoms with Crippen molar-refractivity contribution in [1.82, 2.24) is 20.3 Å². The normalized spacial score (nSPS) is 15.2. The SMILES string of the molecule is Nc1nc(-c2ccc(C(F)(F)F)nc2)nc2c1CCNCC2. The number of nitrogens with zero attached hydrogens (tertiary/aromatic N) is 3. The zero-order chi connectivity index (χ0) is 15.7. The lowest BCUT2D eigenvalue weighted by Gasteiger charge is -2.10. The van der Waals surface area contributed by atoms with Crippen LogP contribution >= 0.6 is 0 Å². The maximum absolute atomic E-state index is 12.5. The summed E-state index contributed by atoms with van der Waals surface area (Å²) in [4.78, 5) is 12.1. The van der Waals surface area contributed by atoms with Crippen LogP contribution in [0.5, 0.6) is 0 Å². The molecule has 0 aliphatic carbocycles. The summed E-state index contributed by atoms with van der Waals surface area (Å²) in [5, 5.41) is 3.24. The first-order valence-corrected chi connectivity index (χ1v) is 6.85. The summed E-state index contributed by atoms with van der Waals surface area (Å²) >= 11 is 0. The van der Waals surface area contributed by atoms with E-state index in [1.54, 1.807) is 0 Å². The molecule has 0 amide bonds. The van der Waals surface area contributed by atoms with Gasteiger partial charge in [0.2, 0.25) is 0 Å². The van der Waals surface area contributed by atoms with Gasteiger partial charge in [0.25, 0.3) is 0 Å². The number of nitrogens with two attached hydrogens (primary N) is 1. The van der Waals surface area contributed by atoms with Gasteiger partial charge in [-0.25, -0.2) is 9.97 Å². The molecular weight excluding hydrogens is 295 g/mol. The molecule has 3 rings (SSSR count). The highest BCUT2D eigenvalue weighted by Crippen LogP contribution is 2.29. The Bertz CT molecular complexity index is 682. The summed E-state index contributed by atoms with van der Waals surface area (Å²) in [5.41, 5.74) is 7.19. The number of nitrogen functional groups attached to an aromatic ring is 1. The molecule has 1 aliphatic rings. The van der Waals surface area contributed by atoms with E-state index in [1.807, 2.05) is 0 Å². The van der Waals surface area contributed by atoms with Crippen LogP contribution in [0.4, 0.5) is 19.0 Å². The van der Waals surface area contributed by atoms with E-state index >= 15 is 0 Å². The van der Waals surface area contributed by atoms with E-state index in [4.69, 9.17) is 5.73 Å². The fourth-order valence-corrected chi connectivity index (χ4v) is 2.40. The molecule has 0 spiro atoms. The lowest BCUT2D eigenvalue weighted by atomic mass is 10.1. The molecule has 5 nitrogen and oxygen atoms in total. The second-order valence-electron chi connectivity index (χ2n) is 5.04. The highest BCUT2D eigenvalue weighted by Gasteiger charge is 2.32. The number of pyridine rings is 1. The summed E-state index contributed by atoms with van der Waals surface area (Å²) in [6, 6.07) is 2.23. The zero-order valence-electron chi connectivity index (χ0n) is 11.6. The molecule has 0 saturated carbocycles. The highest BCUT2D eigenvalue weighted by molar-refractivity contribution is 5.58. The molecule has 0 bridgehead atoms. The maximum atomic E-state index is 12.5. The van der Waals surface area contributed by atoms with Crippen LogP contribution in [0.1, 0.15) is 17.0 Å². The molecule has 1 aliphatic heterocycles. The second kappa shape index (κ2) is 5.53. The Morgan fingerprint density at radius 2 is 1.86 bits per heavy atom. The van der Waals surface area contributed by atoms with Crippen LogP contribution in [-0.4, -0.2) is 28.0 Å². The summed E-state index contributed by atoms with van der Waals surface area (Å²) in [6.45, 7) is 1.59. The maximum Gasteiger partial charge on any atom is 0.433 e. The third-order valence-corrected chi connectivity index (χ3v) is 3.53. The van der Waals surface area contributed by atoms with Crippen LogP contribution in [0.3, 0.4) is 0 Å². The molecule has 0 saturated heterocycles. The Labute approximate surface area is 124 Å². The van der Waals surface area contributed by atoms with E-state index in [0.717, 1.165) is 43.0 Å². The molecule has 3 N–H and O–H groups in total. The summed E-state index contributed by atoms with van der Waals surface area (Å²) in [7, 11) is 0. The van der Waals surface area contributed by atoms with Crippen LogP contribution in [0.2, 0.25) is 0 Å². The molecule has 22 heavy (non-hydrogen) atoms. The first-order chi connectivity index (χ1) is 10.4. The van der Waals surface area contributed by atoms with Crippen LogP contribution in [0.15, 0.2) is 18.3 Å². The molecule has 0 fully saturated rings. The molecule has 8 heteroatoms. The number of anilines is 1. The summed E-state index contributed by atoms with van der Waals surface area (Å²) in [6.07, 6.45) is -1.88. The van der Waals surface area contributed by atoms with Crippen molar-refractivity contribution in [2.24, 2.45) is 0 Å². The van der Waals surface area contributed by atoms with Gasteiger partial charge < -0.3 is 11.1 Å². The number of aromatic nitrogens is 3. The quantitative estimate of drug-likeness (QED) is 0.840. The minimum absolute atomic E-state index is 0.305. The standard InChI is InChI=1S/C14H14F3N5/c15-14(16,17)11-2-1-8(7-20-11)13-21-10-4-6-19-5-3-9(10)12(18)22-13/h1-2,7,19H,3-6H2,(H2,18,21,22). The van der Waals surface area contributed by atoms with Gasteiger partial charge in [-0.2, -0.15) is 13.2 Å². The van der Waals surface area contributed by atoms with Gasteiger partial charge in [-0.1, -0.05) is 0 Å². The van der Waals surface area contributed by atoms with Gasteiger partial charge in [0.05, 0.1) is 5.69 Å². The van der Waals surface area contributed by atoms with Gasteiger partial charge in [-0.15, -0.1) is 0 Å². The lowest BCUT2D eigenvalue weighted by Crippen LogP contribution is -2.16. The first kappa shape index (κ1) is 14.7. The molecule has 2 aromatic rings. The number of rotatable bonds is 1. The third kappa shape index (κ3) is 2.87. The van der Waals surface area contributed by atoms with E-state index in [2.05, 4.69) is 20.3 Å². The minimum atomic E-state index is -4.46. The van der Waals surface area contributed by atoms with E-state index < -0.39 is 11.9 Å². The number of nitrogens with one attached hydrogen (secondary N) is 1.